The van der Waals surface area contributed by atoms with Gasteiger partial charge in [-0.25, -0.2) is 13.6 Å². The van der Waals surface area contributed by atoms with Crippen molar-refractivity contribution in [1.82, 2.24) is 5.32 Å². The number of primary sulfonamides is 1. The van der Waals surface area contributed by atoms with Crippen LogP contribution in [0.15, 0.2) is 53.4 Å². The van der Waals surface area contributed by atoms with Crippen LogP contribution in [0, 0.1) is 0 Å². The Bertz CT molecular complexity index is 817. The van der Waals surface area contributed by atoms with Crippen molar-refractivity contribution in [3.05, 3.63) is 59.7 Å². The molecule has 0 heterocycles. The number of carbonyl (C=O) groups excluding carboxylic acids is 1. The van der Waals surface area contributed by atoms with E-state index in [1.165, 1.54) is 12.1 Å². The molecule has 0 atom stereocenters. The number of hydrogen-bond acceptors (Lipinski definition) is 4. The van der Waals surface area contributed by atoms with E-state index in [1.807, 2.05) is 24.3 Å². The van der Waals surface area contributed by atoms with E-state index in [-0.39, 0.29) is 10.8 Å². The van der Waals surface area contributed by atoms with Crippen molar-refractivity contribution in [2.45, 2.75) is 24.2 Å². The first-order valence-corrected chi connectivity index (χ1v) is 9.45. The summed E-state index contributed by atoms with van der Waals surface area (Å²) >= 11 is 0. The number of nitrogens with two attached hydrogens (primary N) is 1. The van der Waals surface area contributed by atoms with Crippen LogP contribution in [0.1, 0.15) is 17.5 Å². The number of para-hydroxylation sites is 1. The number of sulfonamides is 1. The predicted octanol–water partition coefficient (Wildman–Crippen LogP) is 1.63. The average molecular weight is 362 g/mol. The van der Waals surface area contributed by atoms with Gasteiger partial charge in [-0.2, -0.15) is 0 Å². The van der Waals surface area contributed by atoms with Gasteiger partial charge in [0.15, 0.2) is 0 Å². The highest BCUT2D eigenvalue weighted by Crippen LogP contribution is 2.18. The van der Waals surface area contributed by atoms with E-state index in [0.717, 1.165) is 16.9 Å². The molecule has 0 saturated heterocycles. The number of nitrogens with one attached hydrogen (secondary N) is 1. The van der Waals surface area contributed by atoms with Crippen LogP contribution in [0.2, 0.25) is 0 Å². The van der Waals surface area contributed by atoms with Crippen molar-refractivity contribution in [3.63, 3.8) is 0 Å². The van der Waals surface area contributed by atoms with Crippen molar-refractivity contribution in [1.29, 1.82) is 0 Å². The minimum Gasteiger partial charge on any atom is -0.496 e. The van der Waals surface area contributed by atoms with Gasteiger partial charge in [0.05, 0.1) is 12.0 Å². The van der Waals surface area contributed by atoms with Gasteiger partial charge in [0.1, 0.15) is 5.75 Å². The first-order chi connectivity index (χ1) is 11.9. The zero-order chi connectivity index (χ0) is 18.3. The monoisotopic (exact) mass is 362 g/mol. The van der Waals surface area contributed by atoms with E-state index >= 15 is 0 Å². The molecule has 0 aliphatic rings. The molecule has 0 aliphatic heterocycles. The normalized spacial score (nSPS) is 11.1. The molecular weight excluding hydrogens is 340 g/mol. The lowest BCUT2D eigenvalue weighted by atomic mass is 10.1. The van der Waals surface area contributed by atoms with Crippen LogP contribution in [0.5, 0.6) is 5.75 Å². The van der Waals surface area contributed by atoms with Crippen molar-refractivity contribution < 1.29 is 17.9 Å². The lowest BCUT2D eigenvalue weighted by molar-refractivity contribution is -0.121. The Morgan fingerprint density at radius 1 is 1.08 bits per heavy atom. The molecule has 0 fully saturated rings. The zero-order valence-electron chi connectivity index (χ0n) is 14.1. The molecule has 7 heteroatoms. The molecule has 1 amide bonds. The van der Waals surface area contributed by atoms with Gasteiger partial charge in [-0.05, 0) is 42.2 Å². The largest absolute Gasteiger partial charge is 0.496 e. The van der Waals surface area contributed by atoms with E-state index in [4.69, 9.17) is 9.88 Å². The molecule has 6 nitrogen and oxygen atoms in total. The summed E-state index contributed by atoms with van der Waals surface area (Å²) in [7, 11) is -2.06. The van der Waals surface area contributed by atoms with Gasteiger partial charge in [0.25, 0.3) is 0 Å². The van der Waals surface area contributed by atoms with E-state index in [0.29, 0.717) is 25.8 Å². The number of aryl methyl sites for hydroxylation is 1. The third kappa shape index (κ3) is 5.88. The number of carbonyl (C=O) groups is 1. The van der Waals surface area contributed by atoms with Crippen LogP contribution < -0.4 is 15.2 Å². The first kappa shape index (κ1) is 19.0. The summed E-state index contributed by atoms with van der Waals surface area (Å²) in [6.45, 7) is 0.486. The fourth-order valence-electron chi connectivity index (χ4n) is 2.44. The third-order valence-corrected chi connectivity index (χ3v) is 4.73. The van der Waals surface area contributed by atoms with Gasteiger partial charge in [0, 0.05) is 13.0 Å². The Kier molecular flexibility index (Phi) is 6.55. The summed E-state index contributed by atoms with van der Waals surface area (Å²) < 4.78 is 27.7. The minimum absolute atomic E-state index is 0.0351. The van der Waals surface area contributed by atoms with E-state index in [9.17, 15) is 13.2 Å². The van der Waals surface area contributed by atoms with Gasteiger partial charge >= 0.3 is 0 Å². The number of ether oxygens (including phenoxy) is 1. The van der Waals surface area contributed by atoms with Crippen LogP contribution in [-0.2, 0) is 27.7 Å². The molecule has 0 saturated carbocycles. The molecule has 2 aromatic rings. The van der Waals surface area contributed by atoms with Gasteiger partial charge in [-0.1, -0.05) is 30.3 Å². The van der Waals surface area contributed by atoms with Crippen LogP contribution >= 0.6 is 0 Å². The molecule has 2 aromatic carbocycles. The number of hydrogen-bond donors (Lipinski definition) is 2. The summed E-state index contributed by atoms with van der Waals surface area (Å²) in [5.74, 6) is 0.748. The molecule has 0 bridgehead atoms. The second-order valence-electron chi connectivity index (χ2n) is 5.60. The molecule has 3 N–H and O–H groups in total. The van der Waals surface area contributed by atoms with E-state index in [2.05, 4.69) is 5.32 Å². The van der Waals surface area contributed by atoms with Crippen LogP contribution in [0.3, 0.4) is 0 Å². The zero-order valence-corrected chi connectivity index (χ0v) is 14.9. The molecule has 0 aliphatic carbocycles. The van der Waals surface area contributed by atoms with Gasteiger partial charge < -0.3 is 10.1 Å². The predicted molar refractivity (Wildman–Crippen MR) is 95.8 cm³/mol. The fraction of sp³-hybridized carbons (Fsp3) is 0.278. The third-order valence-electron chi connectivity index (χ3n) is 3.80. The molecule has 0 spiro atoms. The number of methoxy groups -OCH3 is 1. The highest BCUT2D eigenvalue weighted by molar-refractivity contribution is 7.89. The maximum atomic E-state index is 11.9. The maximum Gasteiger partial charge on any atom is 0.238 e. The van der Waals surface area contributed by atoms with Crippen molar-refractivity contribution in [3.8, 4) is 5.75 Å². The molecule has 25 heavy (non-hydrogen) atoms. The average Bonchev–Trinajstić information content (AvgIpc) is 2.60. The number of rotatable bonds is 8. The molecule has 0 aromatic heterocycles. The Morgan fingerprint density at radius 2 is 1.76 bits per heavy atom. The minimum atomic E-state index is -3.67. The van der Waals surface area contributed by atoms with E-state index < -0.39 is 10.0 Å². The summed E-state index contributed by atoms with van der Waals surface area (Å²) in [5.41, 5.74) is 1.93. The highest BCUT2D eigenvalue weighted by Gasteiger charge is 2.08. The highest BCUT2D eigenvalue weighted by atomic mass is 32.2. The van der Waals surface area contributed by atoms with E-state index in [1.54, 1.807) is 19.2 Å². The lowest BCUT2D eigenvalue weighted by Gasteiger charge is -2.09. The smallest absolute Gasteiger partial charge is 0.238 e. The summed E-state index contributed by atoms with van der Waals surface area (Å²) in [6, 6.07) is 14.0. The number of benzene rings is 2. The Hall–Kier alpha value is -2.38. The first-order valence-electron chi connectivity index (χ1n) is 7.90. The summed E-state index contributed by atoms with van der Waals surface area (Å²) in [5, 5.41) is 7.92. The topological polar surface area (TPSA) is 98.5 Å². The Balaban J connectivity index is 1.77. The van der Waals surface area contributed by atoms with Crippen molar-refractivity contribution in [2.24, 2.45) is 5.14 Å². The van der Waals surface area contributed by atoms with Crippen LogP contribution in [-0.4, -0.2) is 28.0 Å². The fourth-order valence-corrected chi connectivity index (χ4v) is 2.95. The molecular formula is C18H22N2O4S. The van der Waals surface area contributed by atoms with Crippen LogP contribution in [0.25, 0.3) is 0 Å². The quantitative estimate of drug-likeness (QED) is 0.746. The van der Waals surface area contributed by atoms with Gasteiger partial charge in [-0.15, -0.1) is 0 Å². The molecule has 2 rings (SSSR count). The maximum absolute atomic E-state index is 11.9. The Morgan fingerprint density at radius 3 is 2.40 bits per heavy atom. The Labute approximate surface area is 148 Å². The SMILES string of the molecule is COc1ccccc1CCC(=O)NCCc1ccc(S(N)(=O)=O)cc1. The summed E-state index contributed by atoms with van der Waals surface area (Å²) in [4.78, 5) is 12.0. The van der Waals surface area contributed by atoms with Crippen molar-refractivity contribution in [2.75, 3.05) is 13.7 Å². The molecule has 134 valence electrons. The molecule has 0 unspecified atom stereocenters. The van der Waals surface area contributed by atoms with Crippen molar-refractivity contribution >= 4 is 15.9 Å². The number of amides is 1. The summed E-state index contributed by atoms with van der Waals surface area (Å²) in [6.07, 6.45) is 1.61. The lowest BCUT2D eigenvalue weighted by Crippen LogP contribution is -2.25. The second-order valence-corrected chi connectivity index (χ2v) is 7.16. The second kappa shape index (κ2) is 8.64. The standard InChI is InChI=1S/C18H22N2O4S/c1-24-17-5-3-2-4-15(17)8-11-18(21)20-13-12-14-6-9-16(10-7-14)25(19,22)23/h2-7,9-10H,8,11-13H2,1H3,(H,20,21)(H2,19,22,23). The van der Waals surface area contributed by atoms with Gasteiger partial charge in [-0.3, -0.25) is 4.79 Å². The van der Waals surface area contributed by atoms with Crippen LogP contribution in [0.4, 0.5) is 0 Å². The molecule has 0 radical (unpaired) electrons. The van der Waals surface area contributed by atoms with Gasteiger partial charge in [0.2, 0.25) is 15.9 Å².